The second-order valence-corrected chi connectivity index (χ2v) is 7.70. The van der Waals surface area contributed by atoms with Crippen LogP contribution in [0.3, 0.4) is 0 Å². The van der Waals surface area contributed by atoms with Gasteiger partial charge in [-0.1, -0.05) is 6.92 Å². The third kappa shape index (κ3) is 4.29. The number of anilines is 2. The molecule has 0 aliphatic carbocycles. The highest BCUT2D eigenvalue weighted by Crippen LogP contribution is 2.43. The molecule has 0 spiro atoms. The molecule has 0 saturated carbocycles. The van der Waals surface area contributed by atoms with Gasteiger partial charge in [0.1, 0.15) is 24.3 Å². The highest BCUT2D eigenvalue weighted by molar-refractivity contribution is 6.10. The van der Waals surface area contributed by atoms with E-state index in [0.29, 0.717) is 16.6 Å². The molecule has 2 aromatic rings. The second-order valence-electron chi connectivity index (χ2n) is 7.70. The molecule has 2 aliphatic heterocycles. The van der Waals surface area contributed by atoms with Crippen molar-refractivity contribution >= 4 is 52.3 Å². The van der Waals surface area contributed by atoms with E-state index in [2.05, 4.69) is 15.3 Å². The molecule has 34 heavy (non-hydrogen) atoms. The Balaban J connectivity index is 1.85. The first-order valence-corrected chi connectivity index (χ1v) is 10.5. The van der Waals surface area contributed by atoms with Crippen LogP contribution in [-0.2, 0) is 33.3 Å². The summed E-state index contributed by atoms with van der Waals surface area (Å²) in [6, 6.07) is 1.18. The zero-order valence-corrected chi connectivity index (χ0v) is 18.6. The van der Waals surface area contributed by atoms with Crippen LogP contribution in [0.25, 0.3) is 10.8 Å². The fourth-order valence-electron chi connectivity index (χ4n) is 3.92. The summed E-state index contributed by atoms with van der Waals surface area (Å²) < 4.78 is 23.8. The van der Waals surface area contributed by atoms with Crippen molar-refractivity contribution < 1.29 is 33.3 Å². The van der Waals surface area contributed by atoms with Gasteiger partial charge in [-0.25, -0.2) is 4.99 Å². The molecule has 1 saturated heterocycles. The SMILES string of the molecule is CCC(=O)O[C@H]1[C@@H](OC(C)=O)[C@H](n2cc3c(N)cc(=O)nc4c3c2N=CN4)O[C@@H]1COC(C)=O. The van der Waals surface area contributed by atoms with E-state index < -0.39 is 48.0 Å². The molecule has 0 unspecified atom stereocenters. The Hall–Kier alpha value is -4.00. The first kappa shape index (κ1) is 23.2. The molecule has 4 heterocycles. The van der Waals surface area contributed by atoms with E-state index in [9.17, 15) is 19.2 Å². The quantitative estimate of drug-likeness (QED) is 0.448. The van der Waals surface area contributed by atoms with E-state index in [1.54, 1.807) is 17.7 Å². The molecule has 3 N–H and O–H groups in total. The lowest BCUT2D eigenvalue weighted by atomic mass is 10.1. The summed E-state index contributed by atoms with van der Waals surface area (Å²) >= 11 is 0. The van der Waals surface area contributed by atoms with Gasteiger partial charge in [0.25, 0.3) is 5.56 Å². The van der Waals surface area contributed by atoms with Crippen LogP contribution in [0.2, 0.25) is 0 Å². The number of nitrogens with zero attached hydrogens (tertiary/aromatic N) is 3. The van der Waals surface area contributed by atoms with Gasteiger partial charge in [0.05, 0.1) is 11.7 Å². The average molecular weight is 473 g/mol. The number of nitrogens with two attached hydrogens (primary N) is 1. The smallest absolute Gasteiger partial charge is 0.306 e. The molecule has 13 nitrogen and oxygen atoms in total. The molecule has 1 fully saturated rings. The number of aromatic nitrogens is 2. The minimum Gasteiger partial charge on any atom is -0.463 e. The van der Waals surface area contributed by atoms with Crippen molar-refractivity contribution in [3.63, 3.8) is 0 Å². The van der Waals surface area contributed by atoms with Gasteiger partial charge < -0.3 is 34.6 Å². The first-order valence-electron chi connectivity index (χ1n) is 10.5. The number of carbonyl (C=O) groups is 3. The summed E-state index contributed by atoms with van der Waals surface area (Å²) in [7, 11) is 0. The van der Waals surface area contributed by atoms with E-state index in [4.69, 9.17) is 24.7 Å². The van der Waals surface area contributed by atoms with Crippen LogP contribution in [0.5, 0.6) is 0 Å². The van der Waals surface area contributed by atoms with Gasteiger partial charge in [0, 0.05) is 43.6 Å². The Labute approximate surface area is 192 Å². The van der Waals surface area contributed by atoms with Crippen molar-refractivity contribution in [1.29, 1.82) is 0 Å². The second kappa shape index (κ2) is 9.09. The summed E-state index contributed by atoms with van der Waals surface area (Å²) in [5.74, 6) is -1.17. The van der Waals surface area contributed by atoms with Crippen LogP contribution in [0.15, 0.2) is 22.1 Å². The summed E-state index contributed by atoms with van der Waals surface area (Å²) in [6.07, 6.45) is -1.12. The zero-order chi connectivity index (χ0) is 24.6. The Morgan fingerprint density at radius 2 is 1.97 bits per heavy atom. The number of rotatable bonds is 6. The van der Waals surface area contributed by atoms with Crippen molar-refractivity contribution in [3.8, 4) is 0 Å². The third-order valence-electron chi connectivity index (χ3n) is 5.31. The fraction of sp³-hybridized carbons (Fsp3) is 0.429. The zero-order valence-electron chi connectivity index (χ0n) is 18.6. The van der Waals surface area contributed by atoms with Crippen molar-refractivity contribution in [2.75, 3.05) is 17.7 Å². The first-order chi connectivity index (χ1) is 16.2. The maximum atomic E-state index is 12.1. The Kier molecular flexibility index (Phi) is 6.20. The molecular weight excluding hydrogens is 450 g/mol. The largest absolute Gasteiger partial charge is 0.463 e. The Morgan fingerprint density at radius 3 is 2.65 bits per heavy atom. The van der Waals surface area contributed by atoms with E-state index in [1.165, 1.54) is 26.3 Å². The maximum absolute atomic E-state index is 12.1. The summed E-state index contributed by atoms with van der Waals surface area (Å²) in [6.45, 7) is 3.82. The Bertz CT molecular complexity index is 1260. The molecule has 2 aliphatic rings. The van der Waals surface area contributed by atoms with Crippen LogP contribution >= 0.6 is 0 Å². The summed E-state index contributed by atoms with van der Waals surface area (Å²) in [5, 5.41) is 3.74. The van der Waals surface area contributed by atoms with Crippen molar-refractivity contribution in [1.82, 2.24) is 9.55 Å². The van der Waals surface area contributed by atoms with E-state index in [-0.39, 0.29) is 24.5 Å². The molecule has 180 valence electrons. The van der Waals surface area contributed by atoms with Crippen LogP contribution in [0, 0.1) is 0 Å². The molecule has 0 bridgehead atoms. The van der Waals surface area contributed by atoms with Crippen molar-refractivity contribution in [2.45, 2.75) is 51.7 Å². The van der Waals surface area contributed by atoms with Gasteiger partial charge in [-0.05, 0) is 0 Å². The number of esters is 3. The lowest BCUT2D eigenvalue weighted by molar-refractivity contribution is -0.167. The minimum atomic E-state index is -1.10. The van der Waals surface area contributed by atoms with Gasteiger partial charge in [0.15, 0.2) is 18.4 Å². The van der Waals surface area contributed by atoms with Gasteiger partial charge >= 0.3 is 17.9 Å². The molecule has 13 heteroatoms. The van der Waals surface area contributed by atoms with Crippen molar-refractivity contribution in [2.24, 2.45) is 4.99 Å². The normalized spacial score (nSPS) is 22.8. The topological polar surface area (TPSA) is 173 Å². The molecule has 0 aromatic carbocycles. The highest BCUT2D eigenvalue weighted by Gasteiger charge is 2.51. The predicted molar refractivity (Wildman–Crippen MR) is 118 cm³/mol. The average Bonchev–Trinajstić information content (AvgIpc) is 3.27. The number of carbonyl (C=O) groups excluding carboxylic acids is 3. The van der Waals surface area contributed by atoms with Crippen LogP contribution < -0.4 is 16.6 Å². The van der Waals surface area contributed by atoms with Crippen LogP contribution in [0.1, 0.15) is 33.4 Å². The van der Waals surface area contributed by atoms with E-state index >= 15 is 0 Å². The van der Waals surface area contributed by atoms with E-state index in [1.807, 2.05) is 0 Å². The van der Waals surface area contributed by atoms with Gasteiger partial charge in [0.2, 0.25) is 0 Å². The summed E-state index contributed by atoms with van der Waals surface area (Å²) in [5.41, 5.74) is 5.74. The molecule has 2 aromatic heterocycles. The number of hydrogen-bond donors (Lipinski definition) is 2. The lowest BCUT2D eigenvalue weighted by Gasteiger charge is -2.24. The maximum Gasteiger partial charge on any atom is 0.306 e. The molecule has 0 amide bonds. The van der Waals surface area contributed by atoms with Crippen LogP contribution in [-0.4, -0.2) is 58.7 Å². The third-order valence-corrected chi connectivity index (χ3v) is 5.31. The number of hydrogen-bond acceptors (Lipinski definition) is 12. The lowest BCUT2D eigenvalue weighted by Crippen LogP contribution is -2.40. The number of nitrogens with one attached hydrogen (secondary N) is 1. The van der Waals surface area contributed by atoms with E-state index in [0.717, 1.165) is 0 Å². The molecule has 4 atom stereocenters. The molecule has 0 radical (unpaired) electrons. The molecule has 4 rings (SSSR count). The highest BCUT2D eigenvalue weighted by atomic mass is 16.7. The number of nitrogen functional groups attached to an aromatic ring is 1. The van der Waals surface area contributed by atoms with Gasteiger partial charge in [-0.3, -0.25) is 19.2 Å². The predicted octanol–water partition coefficient (Wildman–Crippen LogP) is 0.778. The fourth-order valence-corrected chi connectivity index (χ4v) is 3.92. The van der Waals surface area contributed by atoms with Gasteiger partial charge in [-0.15, -0.1) is 0 Å². The Morgan fingerprint density at radius 1 is 1.21 bits per heavy atom. The standard InChI is InChI=1S/C21H23N5O8/c1-4-15(30)34-17-13(7-31-9(2)27)33-21(18(17)32-10(3)28)26-6-11-12(22)5-14(29)25-19-16(11)20(26)24-8-23-19/h5-6,8,13,17-18,21H,4,7,22H2,1-3H3,(H,23,24,25,29)/t13-,17-,18-,21-/m1/s1. The minimum absolute atomic E-state index is 0.0719. The number of ether oxygens (including phenoxy) is 4. The van der Waals surface area contributed by atoms with Gasteiger partial charge in [-0.2, -0.15) is 4.98 Å². The van der Waals surface area contributed by atoms with Crippen molar-refractivity contribution in [3.05, 3.63) is 22.6 Å². The molecular formula is C21H23N5O8. The van der Waals surface area contributed by atoms with Crippen LogP contribution in [0.4, 0.5) is 17.3 Å². The summed E-state index contributed by atoms with van der Waals surface area (Å²) in [4.78, 5) is 55.8. The monoisotopic (exact) mass is 473 g/mol. The number of aliphatic imine (C=N–C) groups is 1.